The summed E-state index contributed by atoms with van der Waals surface area (Å²) in [4.78, 5) is 49.4. The van der Waals surface area contributed by atoms with Crippen LogP contribution >= 0.6 is 11.6 Å². The van der Waals surface area contributed by atoms with E-state index in [2.05, 4.69) is 5.32 Å². The highest BCUT2D eigenvalue weighted by Crippen LogP contribution is 2.29. The number of ether oxygens (including phenoxy) is 1. The van der Waals surface area contributed by atoms with E-state index < -0.39 is 22.8 Å². The van der Waals surface area contributed by atoms with Crippen molar-refractivity contribution in [2.45, 2.75) is 0 Å². The largest absolute Gasteiger partial charge is 0.497 e. The van der Waals surface area contributed by atoms with Crippen molar-refractivity contribution < 1.29 is 24.0 Å². The fourth-order valence-corrected chi connectivity index (χ4v) is 3.50. The predicted molar refractivity (Wildman–Crippen MR) is 119 cm³/mol. The zero-order valence-electron chi connectivity index (χ0n) is 17.0. The smallest absolute Gasteiger partial charge is 0.335 e. The van der Waals surface area contributed by atoms with Crippen LogP contribution in [0, 0.1) is 10.1 Å². The lowest BCUT2D eigenvalue weighted by molar-refractivity contribution is -0.384. The van der Waals surface area contributed by atoms with Crippen molar-refractivity contribution >= 4 is 46.9 Å². The second kappa shape index (κ2) is 8.60. The Hall–Kier alpha value is -4.44. The van der Waals surface area contributed by atoms with E-state index in [0.29, 0.717) is 17.1 Å². The fraction of sp³-hybridized carbons (Fsp3) is 0.0455. The van der Waals surface area contributed by atoms with Crippen molar-refractivity contribution in [2.75, 3.05) is 12.0 Å². The van der Waals surface area contributed by atoms with Crippen LogP contribution in [-0.4, -0.2) is 34.4 Å². The van der Waals surface area contributed by atoms with Crippen LogP contribution in [0.5, 0.6) is 5.75 Å². The first-order valence-corrected chi connectivity index (χ1v) is 9.85. The van der Waals surface area contributed by atoms with Gasteiger partial charge in [0.15, 0.2) is 0 Å². The molecule has 1 N–H and O–H groups in total. The molecular formula is C22H15ClN4O6. The van der Waals surface area contributed by atoms with Crippen LogP contribution in [-0.2, 0) is 9.59 Å². The minimum absolute atomic E-state index is 0.0220. The van der Waals surface area contributed by atoms with Gasteiger partial charge in [0.1, 0.15) is 16.3 Å². The van der Waals surface area contributed by atoms with E-state index in [4.69, 9.17) is 16.3 Å². The van der Waals surface area contributed by atoms with E-state index in [-0.39, 0.29) is 22.0 Å². The highest BCUT2D eigenvalue weighted by Gasteiger charge is 2.37. The van der Waals surface area contributed by atoms with Crippen LogP contribution in [0.25, 0.3) is 11.8 Å². The third-order valence-electron chi connectivity index (χ3n) is 4.91. The number of benzene rings is 2. The number of hydrogen-bond donors (Lipinski definition) is 1. The molecule has 4 amide bonds. The number of barbiturate groups is 1. The van der Waals surface area contributed by atoms with E-state index in [9.17, 15) is 24.5 Å². The molecule has 2 heterocycles. The number of nitrogens with one attached hydrogen (secondary N) is 1. The Morgan fingerprint density at radius 1 is 1.06 bits per heavy atom. The molecule has 1 saturated heterocycles. The maximum absolute atomic E-state index is 13.1. The zero-order chi connectivity index (χ0) is 23.7. The molecule has 0 atom stereocenters. The van der Waals surface area contributed by atoms with Crippen molar-refractivity contribution in [1.82, 2.24) is 9.88 Å². The first kappa shape index (κ1) is 21.8. The maximum Gasteiger partial charge on any atom is 0.335 e. The average Bonchev–Trinajstić information content (AvgIpc) is 3.25. The number of halogens is 1. The van der Waals surface area contributed by atoms with E-state index in [1.807, 2.05) is 0 Å². The number of anilines is 1. The molecule has 0 aliphatic carbocycles. The number of carbonyl (C=O) groups is 3. The van der Waals surface area contributed by atoms with Crippen molar-refractivity contribution in [3.63, 3.8) is 0 Å². The van der Waals surface area contributed by atoms with Crippen LogP contribution in [0.15, 0.2) is 66.4 Å². The van der Waals surface area contributed by atoms with Gasteiger partial charge in [-0.25, -0.2) is 9.69 Å². The lowest BCUT2D eigenvalue weighted by Crippen LogP contribution is -2.54. The number of methoxy groups -OCH3 is 1. The van der Waals surface area contributed by atoms with Gasteiger partial charge in [0.2, 0.25) is 0 Å². The van der Waals surface area contributed by atoms with E-state index in [0.717, 1.165) is 4.90 Å². The lowest BCUT2D eigenvalue weighted by Gasteiger charge is -2.26. The summed E-state index contributed by atoms with van der Waals surface area (Å²) in [6, 6.07) is 12.8. The second-order valence-electron chi connectivity index (χ2n) is 6.85. The summed E-state index contributed by atoms with van der Waals surface area (Å²) in [5.41, 5.74) is 0.460. The molecule has 1 aliphatic heterocycles. The van der Waals surface area contributed by atoms with Crippen molar-refractivity contribution in [2.24, 2.45) is 0 Å². The Morgan fingerprint density at radius 2 is 1.76 bits per heavy atom. The number of urea groups is 1. The number of aromatic nitrogens is 1. The summed E-state index contributed by atoms with van der Waals surface area (Å²) in [5, 5.41) is 13.4. The molecular weight excluding hydrogens is 452 g/mol. The molecule has 10 nitrogen and oxygen atoms in total. The second-order valence-corrected chi connectivity index (χ2v) is 7.26. The minimum atomic E-state index is -0.879. The first-order valence-electron chi connectivity index (χ1n) is 9.47. The van der Waals surface area contributed by atoms with E-state index in [1.54, 1.807) is 41.1 Å². The molecule has 33 heavy (non-hydrogen) atoms. The van der Waals surface area contributed by atoms with Crippen molar-refractivity contribution in [3.05, 3.63) is 87.2 Å². The number of carbonyl (C=O) groups excluding carboxylic acids is 3. The molecule has 166 valence electrons. The normalized spacial score (nSPS) is 15.0. The van der Waals surface area contributed by atoms with E-state index >= 15 is 0 Å². The Morgan fingerprint density at radius 3 is 2.42 bits per heavy atom. The molecule has 0 unspecified atom stereocenters. The van der Waals surface area contributed by atoms with Gasteiger partial charge in [0.25, 0.3) is 17.5 Å². The van der Waals surface area contributed by atoms with Gasteiger partial charge < -0.3 is 9.30 Å². The van der Waals surface area contributed by atoms with Gasteiger partial charge in [0.05, 0.1) is 23.4 Å². The van der Waals surface area contributed by atoms with Gasteiger partial charge >= 0.3 is 6.03 Å². The number of amides is 4. The number of imide groups is 2. The molecule has 4 rings (SSSR count). The molecule has 0 bridgehead atoms. The Kier molecular flexibility index (Phi) is 5.67. The summed E-state index contributed by atoms with van der Waals surface area (Å²) >= 11 is 5.89. The quantitative estimate of drug-likeness (QED) is 0.264. The third-order valence-corrected chi connectivity index (χ3v) is 5.23. The predicted octanol–water partition coefficient (Wildman–Crippen LogP) is 3.71. The molecule has 0 radical (unpaired) electrons. The summed E-state index contributed by atoms with van der Waals surface area (Å²) in [6.07, 6.45) is 2.91. The SMILES string of the molecule is COc1ccc(N2C(=O)NC(=O)C(=Cc3cccn3-c3ccc(Cl)c([N+](=O)[O-])c3)C2=O)cc1. The third kappa shape index (κ3) is 4.06. The molecule has 0 spiro atoms. The molecule has 3 aromatic rings. The number of nitrogens with zero attached hydrogens (tertiary/aromatic N) is 3. The molecule has 1 aliphatic rings. The summed E-state index contributed by atoms with van der Waals surface area (Å²) in [5.74, 6) is -1.14. The zero-order valence-corrected chi connectivity index (χ0v) is 17.8. The number of nitro groups is 1. The fourth-order valence-electron chi connectivity index (χ4n) is 3.31. The van der Waals surface area contributed by atoms with E-state index in [1.165, 1.54) is 37.5 Å². The minimum Gasteiger partial charge on any atom is -0.497 e. The van der Waals surface area contributed by atoms with Crippen molar-refractivity contribution in [1.29, 1.82) is 0 Å². The molecule has 11 heteroatoms. The maximum atomic E-state index is 13.1. The van der Waals surface area contributed by atoms with Crippen LogP contribution in [0.1, 0.15) is 5.69 Å². The lowest BCUT2D eigenvalue weighted by atomic mass is 10.1. The van der Waals surface area contributed by atoms with Gasteiger partial charge in [-0.15, -0.1) is 0 Å². The van der Waals surface area contributed by atoms with Gasteiger partial charge in [-0.2, -0.15) is 0 Å². The Labute approximate surface area is 191 Å². The van der Waals surface area contributed by atoms with Crippen LogP contribution in [0.2, 0.25) is 5.02 Å². The van der Waals surface area contributed by atoms with Gasteiger partial charge in [0, 0.05) is 18.0 Å². The first-order chi connectivity index (χ1) is 15.8. The number of hydrogen-bond acceptors (Lipinski definition) is 6. The van der Waals surface area contributed by atoms with Gasteiger partial charge in [-0.05, 0) is 54.6 Å². The van der Waals surface area contributed by atoms with Crippen molar-refractivity contribution in [3.8, 4) is 11.4 Å². The molecule has 0 saturated carbocycles. The van der Waals surface area contributed by atoms with Crippen LogP contribution in [0.3, 0.4) is 0 Å². The summed E-state index contributed by atoms with van der Waals surface area (Å²) < 4.78 is 6.63. The van der Waals surface area contributed by atoms with Crippen LogP contribution in [0.4, 0.5) is 16.2 Å². The molecule has 1 fully saturated rings. The molecule has 1 aromatic heterocycles. The summed E-state index contributed by atoms with van der Waals surface area (Å²) in [7, 11) is 1.48. The number of rotatable bonds is 5. The highest BCUT2D eigenvalue weighted by atomic mass is 35.5. The highest BCUT2D eigenvalue weighted by molar-refractivity contribution is 6.39. The molecule has 2 aromatic carbocycles. The van der Waals surface area contributed by atoms with Gasteiger partial charge in [-0.3, -0.25) is 25.0 Å². The van der Waals surface area contributed by atoms with Crippen LogP contribution < -0.4 is 15.0 Å². The average molecular weight is 467 g/mol. The van der Waals surface area contributed by atoms with Gasteiger partial charge in [-0.1, -0.05) is 11.6 Å². The Balaban J connectivity index is 1.73. The topological polar surface area (TPSA) is 124 Å². The summed E-state index contributed by atoms with van der Waals surface area (Å²) in [6.45, 7) is 0. The monoisotopic (exact) mass is 466 g/mol. The standard InChI is InChI=1S/C22H15ClN4O6/c1-33-16-7-4-13(5-8-16)26-21(29)17(20(28)24-22(26)30)11-14-3-2-10-25(14)15-6-9-18(23)19(12-15)27(31)32/h2-12H,1H3,(H,24,28,30). The Bertz CT molecular complexity index is 1330. The number of nitro benzene ring substituents is 1.